The normalized spacial score (nSPS) is 18.1. The second-order valence-electron chi connectivity index (χ2n) is 8.61. The van der Waals surface area contributed by atoms with Crippen molar-refractivity contribution < 1.29 is 0 Å². The molecule has 0 radical (unpaired) electrons. The van der Waals surface area contributed by atoms with Crippen molar-refractivity contribution in [3.05, 3.63) is 35.1 Å². The van der Waals surface area contributed by atoms with Gasteiger partial charge in [0.25, 0.3) is 0 Å². The van der Waals surface area contributed by atoms with Crippen molar-refractivity contribution in [3.63, 3.8) is 0 Å². The van der Waals surface area contributed by atoms with E-state index in [0.717, 1.165) is 45.7 Å². The molecule has 1 fully saturated rings. The summed E-state index contributed by atoms with van der Waals surface area (Å²) in [7, 11) is 1.54. The number of imidazole rings is 1. The van der Waals surface area contributed by atoms with Gasteiger partial charge in [-0.15, -0.1) is 10.2 Å². The van der Waals surface area contributed by atoms with E-state index >= 15 is 0 Å². The van der Waals surface area contributed by atoms with Gasteiger partial charge in [0.15, 0.2) is 16.1 Å². The minimum atomic E-state index is -0.462. The van der Waals surface area contributed by atoms with Crippen molar-refractivity contribution in [2.24, 2.45) is 7.05 Å². The van der Waals surface area contributed by atoms with Gasteiger partial charge in [-0.1, -0.05) is 0 Å². The third-order valence-electron chi connectivity index (χ3n) is 6.09. The molecule has 8 nitrogen and oxygen atoms in total. The smallest absolute Gasteiger partial charge is 0.229 e. The SMILES string of the molecule is Cc1cc2nncn2cc1Nc1ncc2c(n1)n(C1CCS(C)(C)CC1)c(=S)n2C. The van der Waals surface area contributed by atoms with Crippen LogP contribution in [0.4, 0.5) is 11.6 Å². The first-order valence-corrected chi connectivity index (χ1v) is 13.2. The molecule has 1 aliphatic heterocycles. The summed E-state index contributed by atoms with van der Waals surface area (Å²) in [4.78, 5) is 9.45. The molecule has 4 aromatic rings. The van der Waals surface area contributed by atoms with Crippen molar-refractivity contribution >= 4 is 50.7 Å². The van der Waals surface area contributed by atoms with Crippen molar-refractivity contribution in [1.82, 2.24) is 33.7 Å². The van der Waals surface area contributed by atoms with Crippen molar-refractivity contribution in [2.45, 2.75) is 25.8 Å². The van der Waals surface area contributed by atoms with Gasteiger partial charge >= 0.3 is 0 Å². The van der Waals surface area contributed by atoms with Gasteiger partial charge in [0.05, 0.1) is 11.9 Å². The van der Waals surface area contributed by atoms with Crippen molar-refractivity contribution in [3.8, 4) is 0 Å². The van der Waals surface area contributed by atoms with E-state index in [1.54, 1.807) is 6.33 Å². The maximum atomic E-state index is 5.80. The van der Waals surface area contributed by atoms with Gasteiger partial charge in [0.2, 0.25) is 5.95 Å². The Bertz CT molecular complexity index is 1310. The molecule has 0 aromatic carbocycles. The number of fused-ring (bicyclic) bond motifs is 2. The van der Waals surface area contributed by atoms with Gasteiger partial charge in [-0.05, 0) is 67.6 Å². The summed E-state index contributed by atoms with van der Waals surface area (Å²) in [5, 5.41) is 11.4. The molecule has 0 amide bonds. The first-order chi connectivity index (χ1) is 14.3. The Labute approximate surface area is 181 Å². The lowest BCUT2D eigenvalue weighted by Gasteiger charge is -2.39. The number of rotatable bonds is 3. The molecule has 1 saturated heterocycles. The van der Waals surface area contributed by atoms with Gasteiger partial charge in [0.1, 0.15) is 11.8 Å². The maximum absolute atomic E-state index is 5.80. The summed E-state index contributed by atoms with van der Waals surface area (Å²) in [6, 6.07) is 2.39. The highest BCUT2D eigenvalue weighted by Gasteiger charge is 2.27. The number of anilines is 2. The molecule has 1 aliphatic rings. The van der Waals surface area contributed by atoms with E-state index in [2.05, 4.69) is 37.6 Å². The predicted molar refractivity (Wildman–Crippen MR) is 126 cm³/mol. The molecule has 4 aromatic heterocycles. The Morgan fingerprint density at radius 2 is 2.00 bits per heavy atom. The Hall–Kier alpha value is -2.46. The summed E-state index contributed by atoms with van der Waals surface area (Å²) in [5.41, 5.74) is 4.66. The van der Waals surface area contributed by atoms with Crippen LogP contribution in [-0.2, 0) is 7.05 Å². The molecule has 0 aliphatic carbocycles. The highest BCUT2D eigenvalue weighted by Crippen LogP contribution is 2.48. The predicted octanol–water partition coefficient (Wildman–Crippen LogP) is 3.99. The Balaban J connectivity index is 1.54. The average molecular weight is 443 g/mol. The first-order valence-electron chi connectivity index (χ1n) is 10.0. The highest BCUT2D eigenvalue weighted by molar-refractivity contribution is 8.32. The third kappa shape index (κ3) is 3.27. The van der Waals surface area contributed by atoms with Crippen LogP contribution in [0.15, 0.2) is 24.8 Å². The second kappa shape index (κ2) is 7.05. The third-order valence-corrected chi connectivity index (χ3v) is 9.24. The Morgan fingerprint density at radius 3 is 2.77 bits per heavy atom. The standard InChI is InChI=1S/C20H26N8S2/c1-13-9-17-25-22-12-27(17)11-15(13)23-19-21-10-16-18(24-19)28(20(29)26(16)2)14-5-7-30(3,4)8-6-14/h9-12,14H,5-8H2,1-4H3,(H,21,23,24). The number of nitrogens with zero attached hydrogens (tertiary/aromatic N) is 7. The van der Waals surface area contributed by atoms with Gasteiger partial charge in [0, 0.05) is 19.3 Å². The summed E-state index contributed by atoms with van der Waals surface area (Å²) in [6.07, 6.45) is 12.7. The fourth-order valence-electron chi connectivity index (χ4n) is 4.16. The molecule has 0 atom stereocenters. The van der Waals surface area contributed by atoms with E-state index in [1.807, 2.05) is 41.4 Å². The molecule has 0 unspecified atom stereocenters. The van der Waals surface area contributed by atoms with Gasteiger partial charge in [-0.25, -0.2) is 15.0 Å². The van der Waals surface area contributed by atoms with Gasteiger partial charge in [-0.2, -0.15) is 4.98 Å². The topological polar surface area (TPSA) is 77.9 Å². The van der Waals surface area contributed by atoms with Crippen LogP contribution in [0.1, 0.15) is 24.4 Å². The van der Waals surface area contributed by atoms with E-state index < -0.39 is 10.0 Å². The maximum Gasteiger partial charge on any atom is 0.229 e. The molecule has 0 bridgehead atoms. The fourth-order valence-corrected chi connectivity index (χ4v) is 6.52. The Kier molecular flexibility index (Phi) is 4.59. The quantitative estimate of drug-likeness (QED) is 0.483. The Morgan fingerprint density at radius 1 is 1.23 bits per heavy atom. The molecule has 10 heteroatoms. The van der Waals surface area contributed by atoms with Crippen LogP contribution in [0.5, 0.6) is 0 Å². The van der Waals surface area contributed by atoms with Crippen LogP contribution < -0.4 is 5.32 Å². The molecule has 158 valence electrons. The first kappa shape index (κ1) is 19.5. The van der Waals surface area contributed by atoms with E-state index in [1.165, 1.54) is 11.5 Å². The lowest BCUT2D eigenvalue weighted by molar-refractivity contribution is 0.466. The van der Waals surface area contributed by atoms with Crippen LogP contribution in [0.2, 0.25) is 0 Å². The van der Waals surface area contributed by atoms with E-state index in [0.29, 0.717) is 12.0 Å². The largest absolute Gasteiger partial charge is 0.323 e. The molecular formula is C20H26N8S2. The summed E-state index contributed by atoms with van der Waals surface area (Å²) in [6.45, 7) is 2.03. The molecule has 0 saturated carbocycles. The lowest BCUT2D eigenvalue weighted by atomic mass is 10.1. The number of hydrogen-bond donors (Lipinski definition) is 1. The van der Waals surface area contributed by atoms with Crippen molar-refractivity contribution in [2.75, 3.05) is 29.3 Å². The summed E-state index contributed by atoms with van der Waals surface area (Å²) in [5.74, 6) is 3.13. The summed E-state index contributed by atoms with van der Waals surface area (Å²) >= 11 is 5.80. The highest BCUT2D eigenvalue weighted by atomic mass is 32.3. The summed E-state index contributed by atoms with van der Waals surface area (Å²) < 4.78 is 6.97. The molecule has 5 heterocycles. The average Bonchev–Trinajstić information content (AvgIpc) is 3.25. The molecule has 30 heavy (non-hydrogen) atoms. The molecule has 0 spiro atoms. The second-order valence-corrected chi connectivity index (χ2v) is 13.3. The lowest BCUT2D eigenvalue weighted by Crippen LogP contribution is -2.23. The number of hydrogen-bond acceptors (Lipinski definition) is 6. The number of aryl methyl sites for hydroxylation is 2. The van der Waals surface area contributed by atoms with E-state index in [4.69, 9.17) is 17.2 Å². The number of aromatic nitrogens is 7. The van der Waals surface area contributed by atoms with Crippen LogP contribution in [-0.4, -0.2) is 57.7 Å². The minimum absolute atomic E-state index is 0.402. The number of pyridine rings is 1. The zero-order valence-corrected chi connectivity index (χ0v) is 19.3. The molecular weight excluding hydrogens is 416 g/mol. The van der Waals surface area contributed by atoms with Crippen LogP contribution >= 0.6 is 22.2 Å². The van der Waals surface area contributed by atoms with E-state index in [-0.39, 0.29) is 0 Å². The minimum Gasteiger partial charge on any atom is -0.323 e. The van der Waals surface area contributed by atoms with Gasteiger partial charge < -0.3 is 9.88 Å². The van der Waals surface area contributed by atoms with Crippen LogP contribution in [0.3, 0.4) is 0 Å². The van der Waals surface area contributed by atoms with E-state index in [9.17, 15) is 0 Å². The molecule has 5 rings (SSSR count). The van der Waals surface area contributed by atoms with Crippen LogP contribution in [0, 0.1) is 11.7 Å². The zero-order chi connectivity index (χ0) is 21.0. The zero-order valence-electron chi connectivity index (χ0n) is 17.7. The molecule has 1 N–H and O–H groups in total. The monoisotopic (exact) mass is 442 g/mol. The fraction of sp³-hybridized carbons (Fsp3) is 0.450. The van der Waals surface area contributed by atoms with Gasteiger partial charge in [-0.3, -0.25) is 8.97 Å². The number of nitrogens with one attached hydrogen (secondary N) is 1. The van der Waals surface area contributed by atoms with Crippen molar-refractivity contribution in [1.29, 1.82) is 0 Å². The van der Waals surface area contributed by atoms with Crippen LogP contribution in [0.25, 0.3) is 16.8 Å².